The fraction of sp³-hybridized carbons (Fsp3) is 0.462. The van der Waals surface area contributed by atoms with Gasteiger partial charge in [0.2, 0.25) is 0 Å². The highest BCUT2D eigenvalue weighted by atomic mass is 32.1. The molecule has 0 amide bonds. The van der Waals surface area contributed by atoms with Gasteiger partial charge in [0.05, 0.1) is 5.52 Å². The van der Waals surface area contributed by atoms with Crippen molar-refractivity contribution in [3.8, 4) is 0 Å². The van der Waals surface area contributed by atoms with E-state index >= 15 is 0 Å². The van der Waals surface area contributed by atoms with Crippen molar-refractivity contribution in [3.05, 3.63) is 24.3 Å². The average molecular weight is 247 g/mol. The van der Waals surface area contributed by atoms with Crippen molar-refractivity contribution in [3.63, 3.8) is 0 Å². The molecular formula is C13H17N3S. The molecule has 1 saturated heterocycles. The van der Waals surface area contributed by atoms with Crippen LogP contribution in [0.2, 0.25) is 0 Å². The van der Waals surface area contributed by atoms with Crippen LogP contribution in [-0.2, 0) is 0 Å². The Hall–Kier alpha value is -1.13. The lowest BCUT2D eigenvalue weighted by molar-refractivity contribution is 0.383. The Morgan fingerprint density at radius 2 is 2.29 bits per heavy atom. The zero-order valence-corrected chi connectivity index (χ0v) is 10.8. The third kappa shape index (κ3) is 1.81. The molecular weight excluding hydrogens is 230 g/mol. The highest BCUT2D eigenvalue weighted by Crippen LogP contribution is 2.38. The molecule has 3 nitrogen and oxygen atoms in total. The standard InChI is InChI=1S/C13H17N3S/c1-13(8-14)6-7-16(9-13)12-10-4-2-3-5-11(10)15-17-12/h2-5H,6-9,14H2,1H3. The number of benzene rings is 1. The minimum Gasteiger partial charge on any atom is -0.361 e. The van der Waals surface area contributed by atoms with Gasteiger partial charge in [0.15, 0.2) is 0 Å². The molecule has 3 rings (SSSR count). The highest BCUT2D eigenvalue weighted by molar-refractivity contribution is 7.11. The van der Waals surface area contributed by atoms with Gasteiger partial charge >= 0.3 is 0 Å². The van der Waals surface area contributed by atoms with E-state index in [1.54, 1.807) is 11.5 Å². The summed E-state index contributed by atoms with van der Waals surface area (Å²) in [5, 5.41) is 2.58. The maximum Gasteiger partial charge on any atom is 0.119 e. The first-order chi connectivity index (χ1) is 8.22. The van der Waals surface area contributed by atoms with Gasteiger partial charge in [-0.3, -0.25) is 0 Å². The third-order valence-corrected chi connectivity index (χ3v) is 4.64. The van der Waals surface area contributed by atoms with Crippen molar-refractivity contribution >= 4 is 27.4 Å². The summed E-state index contributed by atoms with van der Waals surface area (Å²) in [6.45, 7) is 5.19. The largest absolute Gasteiger partial charge is 0.361 e. The smallest absolute Gasteiger partial charge is 0.119 e. The van der Waals surface area contributed by atoms with Gasteiger partial charge in [0.25, 0.3) is 0 Å². The number of nitrogens with zero attached hydrogens (tertiary/aromatic N) is 2. The van der Waals surface area contributed by atoms with Crippen molar-refractivity contribution in [2.45, 2.75) is 13.3 Å². The molecule has 0 bridgehead atoms. The van der Waals surface area contributed by atoms with Crippen molar-refractivity contribution in [2.75, 3.05) is 24.5 Å². The number of aromatic nitrogens is 1. The van der Waals surface area contributed by atoms with Gasteiger partial charge in [-0.1, -0.05) is 19.1 Å². The number of rotatable bonds is 2. The first-order valence-electron chi connectivity index (χ1n) is 6.01. The van der Waals surface area contributed by atoms with Gasteiger partial charge < -0.3 is 10.6 Å². The van der Waals surface area contributed by atoms with Crippen molar-refractivity contribution < 1.29 is 0 Å². The van der Waals surface area contributed by atoms with E-state index in [4.69, 9.17) is 5.73 Å². The minimum absolute atomic E-state index is 0.269. The van der Waals surface area contributed by atoms with Crippen molar-refractivity contribution in [1.29, 1.82) is 0 Å². The molecule has 1 aromatic heterocycles. The van der Waals surface area contributed by atoms with Crippen LogP contribution >= 0.6 is 11.5 Å². The SMILES string of the molecule is CC1(CN)CCN(c2snc3ccccc23)C1. The quantitative estimate of drug-likeness (QED) is 0.886. The predicted octanol–water partition coefficient (Wildman–Crippen LogP) is 2.47. The molecule has 90 valence electrons. The molecule has 1 unspecified atom stereocenters. The van der Waals surface area contributed by atoms with Gasteiger partial charge in [-0.25, -0.2) is 0 Å². The van der Waals surface area contributed by atoms with Crippen molar-refractivity contribution in [2.24, 2.45) is 11.1 Å². The Morgan fingerprint density at radius 1 is 1.47 bits per heavy atom. The molecule has 17 heavy (non-hydrogen) atoms. The number of anilines is 1. The van der Waals surface area contributed by atoms with E-state index in [9.17, 15) is 0 Å². The second-order valence-corrected chi connectivity index (χ2v) is 5.94. The van der Waals surface area contributed by atoms with Crippen LogP contribution in [0.4, 0.5) is 5.00 Å². The van der Waals surface area contributed by atoms with E-state index in [-0.39, 0.29) is 5.41 Å². The molecule has 4 heteroatoms. The second-order valence-electron chi connectivity index (χ2n) is 5.19. The normalized spacial score (nSPS) is 24.7. The Kier molecular flexibility index (Phi) is 2.56. The maximum absolute atomic E-state index is 5.86. The van der Waals surface area contributed by atoms with E-state index in [2.05, 4.69) is 34.4 Å². The van der Waals surface area contributed by atoms with E-state index in [1.807, 2.05) is 6.07 Å². The summed E-state index contributed by atoms with van der Waals surface area (Å²) < 4.78 is 4.51. The molecule has 2 N–H and O–H groups in total. The number of fused-ring (bicyclic) bond motifs is 1. The molecule has 0 radical (unpaired) electrons. The van der Waals surface area contributed by atoms with Gasteiger partial charge in [0, 0.05) is 18.5 Å². The molecule has 1 atom stereocenters. The van der Waals surface area contributed by atoms with Crippen molar-refractivity contribution in [1.82, 2.24) is 4.37 Å². The fourth-order valence-corrected chi connectivity index (χ4v) is 3.35. The zero-order chi connectivity index (χ0) is 11.9. The molecule has 0 aliphatic carbocycles. The lowest BCUT2D eigenvalue weighted by Crippen LogP contribution is -2.31. The number of hydrogen-bond donors (Lipinski definition) is 1. The van der Waals surface area contributed by atoms with Crippen LogP contribution in [-0.4, -0.2) is 24.0 Å². The van der Waals surface area contributed by atoms with E-state index in [1.165, 1.54) is 16.8 Å². The zero-order valence-electron chi connectivity index (χ0n) is 10.0. The first kappa shape index (κ1) is 11.0. The van der Waals surface area contributed by atoms with Crippen LogP contribution < -0.4 is 10.6 Å². The van der Waals surface area contributed by atoms with E-state index < -0.39 is 0 Å². The predicted molar refractivity (Wildman–Crippen MR) is 73.6 cm³/mol. The van der Waals surface area contributed by atoms with E-state index in [0.717, 1.165) is 25.2 Å². The molecule has 1 aliphatic rings. The van der Waals surface area contributed by atoms with Crippen LogP contribution in [0.25, 0.3) is 10.9 Å². The van der Waals surface area contributed by atoms with E-state index in [0.29, 0.717) is 0 Å². The molecule has 2 aromatic rings. The highest BCUT2D eigenvalue weighted by Gasteiger charge is 2.33. The monoisotopic (exact) mass is 247 g/mol. The summed E-state index contributed by atoms with van der Waals surface area (Å²) in [6, 6.07) is 8.36. The van der Waals surface area contributed by atoms with Crippen LogP contribution in [0.1, 0.15) is 13.3 Å². The lowest BCUT2D eigenvalue weighted by Gasteiger charge is -2.22. The van der Waals surface area contributed by atoms with Gasteiger partial charge in [0.1, 0.15) is 5.00 Å². The second kappa shape index (κ2) is 3.96. The lowest BCUT2D eigenvalue weighted by atomic mass is 9.90. The fourth-order valence-electron chi connectivity index (χ4n) is 2.47. The third-order valence-electron chi connectivity index (χ3n) is 3.70. The number of hydrogen-bond acceptors (Lipinski definition) is 4. The molecule has 0 saturated carbocycles. The topological polar surface area (TPSA) is 42.1 Å². The Bertz CT molecular complexity index is 536. The van der Waals surface area contributed by atoms with Gasteiger partial charge in [-0.05, 0) is 42.0 Å². The Balaban J connectivity index is 1.95. The number of nitrogens with two attached hydrogens (primary N) is 1. The summed E-state index contributed by atoms with van der Waals surface area (Å²) in [7, 11) is 0. The van der Waals surface area contributed by atoms with Crippen LogP contribution in [0.15, 0.2) is 24.3 Å². The first-order valence-corrected chi connectivity index (χ1v) is 6.79. The molecule has 1 fully saturated rings. The molecule has 1 aromatic carbocycles. The summed E-state index contributed by atoms with van der Waals surface area (Å²) in [4.78, 5) is 2.44. The summed E-state index contributed by atoms with van der Waals surface area (Å²) in [5.74, 6) is 0. The summed E-state index contributed by atoms with van der Waals surface area (Å²) >= 11 is 1.61. The Morgan fingerprint density at radius 3 is 3.06 bits per heavy atom. The molecule has 2 heterocycles. The maximum atomic E-state index is 5.86. The molecule has 0 spiro atoms. The van der Waals surface area contributed by atoms with Gasteiger partial charge in [-0.15, -0.1) is 0 Å². The Labute approximate surface area is 105 Å². The summed E-state index contributed by atoms with van der Waals surface area (Å²) in [6.07, 6.45) is 1.18. The average Bonchev–Trinajstić information content (AvgIpc) is 2.93. The van der Waals surface area contributed by atoms with Gasteiger partial charge in [-0.2, -0.15) is 4.37 Å². The van der Waals surface area contributed by atoms with Crippen LogP contribution in [0.3, 0.4) is 0 Å². The summed E-state index contributed by atoms with van der Waals surface area (Å²) in [5.41, 5.74) is 7.23. The molecule has 1 aliphatic heterocycles. The van der Waals surface area contributed by atoms with Crippen LogP contribution in [0.5, 0.6) is 0 Å². The van der Waals surface area contributed by atoms with Crippen LogP contribution in [0, 0.1) is 5.41 Å². The minimum atomic E-state index is 0.269.